The normalized spacial score (nSPS) is 18.8. The fourth-order valence-corrected chi connectivity index (χ4v) is 1.95. The molecule has 1 heterocycles. The summed E-state index contributed by atoms with van der Waals surface area (Å²) in [4.78, 5) is 11.3. The second-order valence-corrected chi connectivity index (χ2v) is 4.81. The maximum atomic E-state index is 11.3. The Labute approximate surface area is 106 Å². The number of fused-ring (bicyclic) bond motifs is 1. The van der Waals surface area contributed by atoms with Crippen LogP contribution in [0.3, 0.4) is 0 Å². The van der Waals surface area contributed by atoms with Crippen molar-refractivity contribution < 1.29 is 14.7 Å². The van der Waals surface area contributed by atoms with Crippen LogP contribution in [0.15, 0.2) is 18.2 Å². The largest absolute Gasteiger partial charge is 0.492 e. The van der Waals surface area contributed by atoms with E-state index in [1.54, 1.807) is 17.6 Å². The standard InChI is InChI=1S/C13H18N2O3/c1-8(2)11-7-18-12-5-9(13(16)15-17)3-4-10(12)6-14-11/h3-5,8,11,14,17H,6-7H2,1-2H3,(H,15,16). The number of carbonyl (C=O) groups excluding carboxylic acids is 1. The van der Waals surface area contributed by atoms with E-state index in [0.717, 1.165) is 12.1 Å². The molecule has 1 aromatic carbocycles. The van der Waals surface area contributed by atoms with Crippen molar-refractivity contribution in [3.8, 4) is 5.75 Å². The quantitative estimate of drug-likeness (QED) is 0.547. The van der Waals surface area contributed by atoms with Crippen molar-refractivity contribution in [3.63, 3.8) is 0 Å². The third kappa shape index (κ3) is 2.63. The Kier molecular flexibility index (Phi) is 3.84. The van der Waals surface area contributed by atoms with Crippen molar-refractivity contribution in [2.75, 3.05) is 6.61 Å². The summed E-state index contributed by atoms with van der Waals surface area (Å²) in [5.41, 5.74) is 3.03. The highest BCUT2D eigenvalue weighted by molar-refractivity contribution is 5.93. The van der Waals surface area contributed by atoms with Crippen LogP contribution in [-0.4, -0.2) is 23.8 Å². The molecule has 5 heteroatoms. The van der Waals surface area contributed by atoms with Crippen molar-refractivity contribution >= 4 is 5.91 Å². The molecular weight excluding hydrogens is 232 g/mol. The topological polar surface area (TPSA) is 70.6 Å². The SMILES string of the molecule is CC(C)C1COc2cc(C(=O)NO)ccc2CN1. The molecule has 0 spiro atoms. The van der Waals surface area contributed by atoms with Crippen LogP contribution in [0.5, 0.6) is 5.75 Å². The number of carbonyl (C=O) groups is 1. The molecule has 5 nitrogen and oxygen atoms in total. The van der Waals surface area contributed by atoms with Crippen LogP contribution >= 0.6 is 0 Å². The third-order valence-corrected chi connectivity index (χ3v) is 3.21. The molecule has 98 valence electrons. The average molecular weight is 250 g/mol. The first-order valence-corrected chi connectivity index (χ1v) is 6.05. The zero-order valence-corrected chi connectivity index (χ0v) is 10.6. The Morgan fingerprint density at radius 1 is 1.56 bits per heavy atom. The van der Waals surface area contributed by atoms with Crippen molar-refractivity contribution in [1.29, 1.82) is 0 Å². The molecule has 0 saturated heterocycles. The monoisotopic (exact) mass is 250 g/mol. The lowest BCUT2D eigenvalue weighted by atomic mass is 10.1. The van der Waals surface area contributed by atoms with Crippen LogP contribution in [0.2, 0.25) is 0 Å². The van der Waals surface area contributed by atoms with Crippen molar-refractivity contribution in [2.45, 2.75) is 26.4 Å². The lowest BCUT2D eigenvalue weighted by molar-refractivity contribution is 0.0706. The lowest BCUT2D eigenvalue weighted by Gasteiger charge is -2.18. The smallest absolute Gasteiger partial charge is 0.274 e. The van der Waals surface area contributed by atoms with E-state index in [1.807, 2.05) is 6.07 Å². The summed E-state index contributed by atoms with van der Waals surface area (Å²) in [6.45, 7) is 5.58. The third-order valence-electron chi connectivity index (χ3n) is 3.21. The Morgan fingerprint density at radius 3 is 3.00 bits per heavy atom. The minimum atomic E-state index is -0.529. The molecule has 18 heavy (non-hydrogen) atoms. The van der Waals surface area contributed by atoms with E-state index in [1.165, 1.54) is 0 Å². The number of ether oxygens (including phenoxy) is 1. The minimum Gasteiger partial charge on any atom is -0.492 e. The number of amides is 1. The Bertz CT molecular complexity index is 446. The molecule has 1 unspecified atom stereocenters. The molecule has 2 rings (SSSR count). The molecule has 3 N–H and O–H groups in total. The van der Waals surface area contributed by atoms with Gasteiger partial charge in [0.25, 0.3) is 5.91 Å². The van der Waals surface area contributed by atoms with Gasteiger partial charge >= 0.3 is 0 Å². The summed E-state index contributed by atoms with van der Waals surface area (Å²) in [7, 11) is 0. The average Bonchev–Trinajstić information content (AvgIpc) is 2.59. The van der Waals surface area contributed by atoms with Crippen LogP contribution < -0.4 is 15.5 Å². The first-order valence-electron chi connectivity index (χ1n) is 6.05. The zero-order valence-electron chi connectivity index (χ0n) is 10.6. The van der Waals surface area contributed by atoms with Crippen LogP contribution in [0.1, 0.15) is 29.8 Å². The summed E-state index contributed by atoms with van der Waals surface area (Å²) < 4.78 is 5.73. The van der Waals surface area contributed by atoms with Gasteiger partial charge in [-0.05, 0) is 18.1 Å². The van der Waals surface area contributed by atoms with Crippen molar-refractivity contribution in [2.24, 2.45) is 5.92 Å². The Morgan fingerprint density at radius 2 is 2.33 bits per heavy atom. The van der Waals surface area contributed by atoms with Crippen molar-refractivity contribution in [3.05, 3.63) is 29.3 Å². The Balaban J connectivity index is 2.20. The highest BCUT2D eigenvalue weighted by atomic mass is 16.5. The molecule has 0 radical (unpaired) electrons. The van der Waals surface area contributed by atoms with E-state index in [4.69, 9.17) is 9.94 Å². The van der Waals surface area contributed by atoms with Gasteiger partial charge in [-0.2, -0.15) is 0 Å². The molecule has 0 aromatic heterocycles. The number of hydrogen-bond donors (Lipinski definition) is 3. The summed E-state index contributed by atoms with van der Waals surface area (Å²) in [6.07, 6.45) is 0. The van der Waals surface area contributed by atoms with E-state index in [9.17, 15) is 4.79 Å². The van der Waals surface area contributed by atoms with Crippen LogP contribution in [0.4, 0.5) is 0 Å². The van der Waals surface area contributed by atoms with Gasteiger partial charge in [-0.25, -0.2) is 5.48 Å². The summed E-state index contributed by atoms with van der Waals surface area (Å²) >= 11 is 0. The highest BCUT2D eigenvalue weighted by Crippen LogP contribution is 2.24. The van der Waals surface area contributed by atoms with Gasteiger partial charge in [-0.1, -0.05) is 19.9 Å². The van der Waals surface area contributed by atoms with Gasteiger partial charge in [0.05, 0.1) is 0 Å². The van der Waals surface area contributed by atoms with Gasteiger partial charge in [0.1, 0.15) is 12.4 Å². The summed E-state index contributed by atoms with van der Waals surface area (Å²) in [5.74, 6) is 0.658. The zero-order chi connectivity index (χ0) is 13.1. The van der Waals surface area contributed by atoms with Gasteiger partial charge < -0.3 is 10.1 Å². The fraction of sp³-hybridized carbons (Fsp3) is 0.462. The predicted molar refractivity (Wildman–Crippen MR) is 66.7 cm³/mol. The molecule has 1 aliphatic heterocycles. The molecule has 0 saturated carbocycles. The van der Waals surface area contributed by atoms with Crippen LogP contribution in [-0.2, 0) is 6.54 Å². The van der Waals surface area contributed by atoms with Gasteiger partial charge in [-0.15, -0.1) is 0 Å². The molecule has 1 amide bonds. The van der Waals surface area contributed by atoms with Crippen molar-refractivity contribution in [1.82, 2.24) is 10.8 Å². The number of rotatable bonds is 2. The van der Waals surface area contributed by atoms with Crippen LogP contribution in [0, 0.1) is 5.92 Å². The van der Waals surface area contributed by atoms with Gasteiger partial charge in [-0.3, -0.25) is 10.0 Å². The molecule has 0 fully saturated rings. The summed E-state index contributed by atoms with van der Waals surface area (Å²) in [6, 6.07) is 5.47. The fourth-order valence-electron chi connectivity index (χ4n) is 1.95. The van der Waals surface area contributed by atoms with E-state index in [-0.39, 0.29) is 0 Å². The van der Waals surface area contributed by atoms with Crippen LogP contribution in [0.25, 0.3) is 0 Å². The molecule has 0 bridgehead atoms. The number of hydrogen-bond acceptors (Lipinski definition) is 4. The maximum absolute atomic E-state index is 11.3. The van der Waals surface area contributed by atoms with Gasteiger partial charge in [0.2, 0.25) is 0 Å². The van der Waals surface area contributed by atoms with E-state index in [0.29, 0.717) is 29.9 Å². The number of hydroxylamine groups is 1. The maximum Gasteiger partial charge on any atom is 0.274 e. The van der Waals surface area contributed by atoms with E-state index < -0.39 is 5.91 Å². The number of nitrogens with one attached hydrogen (secondary N) is 2. The minimum absolute atomic E-state index is 0.299. The lowest BCUT2D eigenvalue weighted by Crippen LogP contribution is -2.36. The van der Waals surface area contributed by atoms with E-state index >= 15 is 0 Å². The predicted octanol–water partition coefficient (Wildman–Crippen LogP) is 1.31. The molecule has 1 aromatic rings. The first-order chi connectivity index (χ1) is 8.61. The second-order valence-electron chi connectivity index (χ2n) is 4.81. The summed E-state index contributed by atoms with van der Waals surface area (Å²) in [5, 5.41) is 12.0. The molecule has 1 aliphatic rings. The molecular formula is C13H18N2O3. The van der Waals surface area contributed by atoms with Gasteiger partial charge in [0.15, 0.2) is 0 Å². The first kappa shape index (κ1) is 12.9. The Hall–Kier alpha value is -1.59. The number of benzene rings is 1. The van der Waals surface area contributed by atoms with E-state index in [2.05, 4.69) is 19.2 Å². The molecule has 1 atom stereocenters. The highest BCUT2D eigenvalue weighted by Gasteiger charge is 2.20. The second kappa shape index (κ2) is 5.37. The molecule has 0 aliphatic carbocycles. The van der Waals surface area contributed by atoms with Gasteiger partial charge in [0, 0.05) is 23.7 Å².